The summed E-state index contributed by atoms with van der Waals surface area (Å²) in [4.78, 5) is 6.74. The highest BCUT2D eigenvalue weighted by Crippen LogP contribution is 2.10. The molecule has 0 aromatic carbocycles. The quantitative estimate of drug-likeness (QED) is 0.886. The van der Waals surface area contributed by atoms with Gasteiger partial charge in [-0.1, -0.05) is 6.07 Å². The van der Waals surface area contributed by atoms with E-state index < -0.39 is 0 Å². The largest absolute Gasteiger partial charge is 0.328 e. The van der Waals surface area contributed by atoms with Gasteiger partial charge in [-0.3, -0.25) is 9.88 Å². The maximum Gasteiger partial charge on any atom is 0.0543 e. The fourth-order valence-corrected chi connectivity index (χ4v) is 1.83. The molecule has 0 aliphatic carbocycles. The van der Waals surface area contributed by atoms with Crippen molar-refractivity contribution in [2.24, 2.45) is 5.73 Å². The summed E-state index contributed by atoms with van der Waals surface area (Å²) in [5, 5.41) is 0. The zero-order valence-corrected chi connectivity index (χ0v) is 10.8. The van der Waals surface area contributed by atoms with E-state index in [1.165, 1.54) is 0 Å². The first-order chi connectivity index (χ1) is 6.84. The van der Waals surface area contributed by atoms with Crippen molar-refractivity contribution in [3.63, 3.8) is 0 Å². The molecule has 0 atom stereocenters. The van der Waals surface area contributed by atoms with E-state index >= 15 is 0 Å². The van der Waals surface area contributed by atoms with Crippen molar-refractivity contribution in [1.29, 1.82) is 0 Å². The third-order valence-electron chi connectivity index (χ3n) is 2.74. The molecule has 0 spiro atoms. The summed E-state index contributed by atoms with van der Waals surface area (Å²) < 4.78 is 0. The van der Waals surface area contributed by atoms with Gasteiger partial charge in [0.25, 0.3) is 0 Å². The van der Waals surface area contributed by atoms with Crippen LogP contribution in [0.5, 0.6) is 0 Å². The summed E-state index contributed by atoms with van der Waals surface area (Å²) in [6.07, 6.45) is 4.09. The second-order valence-corrected chi connectivity index (χ2v) is 3.93. The molecule has 1 fully saturated rings. The predicted molar refractivity (Wildman–Crippen MR) is 71.2 cm³/mol. The third-order valence-corrected chi connectivity index (χ3v) is 2.74. The molecule has 0 bridgehead atoms. The summed E-state index contributed by atoms with van der Waals surface area (Å²) in [6.45, 7) is 3.18. The van der Waals surface area contributed by atoms with Crippen LogP contribution in [-0.4, -0.2) is 29.0 Å². The molecule has 1 aliphatic rings. The maximum atomic E-state index is 5.85. The minimum absolute atomic E-state index is 0. The first kappa shape index (κ1) is 15.7. The Morgan fingerprint density at radius 2 is 1.94 bits per heavy atom. The summed E-state index contributed by atoms with van der Waals surface area (Å²) in [7, 11) is 0. The van der Waals surface area contributed by atoms with Crippen LogP contribution in [0.25, 0.3) is 0 Å². The van der Waals surface area contributed by atoms with Gasteiger partial charge in [0.1, 0.15) is 0 Å². The van der Waals surface area contributed by atoms with Crippen molar-refractivity contribution in [2.45, 2.75) is 25.4 Å². The van der Waals surface area contributed by atoms with Crippen LogP contribution in [0, 0.1) is 0 Å². The van der Waals surface area contributed by atoms with E-state index in [2.05, 4.69) is 16.0 Å². The van der Waals surface area contributed by atoms with Crippen molar-refractivity contribution < 1.29 is 0 Å². The minimum atomic E-state index is 0. The van der Waals surface area contributed by atoms with Gasteiger partial charge in [0, 0.05) is 31.9 Å². The zero-order valence-electron chi connectivity index (χ0n) is 9.21. The number of pyridine rings is 1. The summed E-state index contributed by atoms with van der Waals surface area (Å²) in [5.74, 6) is 0. The lowest BCUT2D eigenvalue weighted by molar-refractivity contribution is 0.203. The number of halogens is 2. The lowest BCUT2D eigenvalue weighted by Gasteiger charge is -2.29. The van der Waals surface area contributed by atoms with Gasteiger partial charge in [-0.05, 0) is 25.0 Å². The fourth-order valence-electron chi connectivity index (χ4n) is 1.83. The molecule has 1 aliphatic heterocycles. The molecule has 92 valence electrons. The summed E-state index contributed by atoms with van der Waals surface area (Å²) >= 11 is 0. The number of rotatable bonds is 2. The van der Waals surface area contributed by atoms with E-state index in [1.807, 2.05) is 18.3 Å². The molecule has 2 rings (SSSR count). The Labute approximate surface area is 109 Å². The van der Waals surface area contributed by atoms with Crippen LogP contribution in [0.4, 0.5) is 0 Å². The van der Waals surface area contributed by atoms with Gasteiger partial charge in [0.2, 0.25) is 0 Å². The van der Waals surface area contributed by atoms with E-state index in [0.717, 1.165) is 38.2 Å². The second-order valence-electron chi connectivity index (χ2n) is 3.93. The van der Waals surface area contributed by atoms with E-state index in [4.69, 9.17) is 5.73 Å². The first-order valence-electron chi connectivity index (χ1n) is 5.22. The average Bonchev–Trinajstić information content (AvgIpc) is 2.23. The van der Waals surface area contributed by atoms with Gasteiger partial charge in [-0.25, -0.2) is 0 Å². The normalized spacial score (nSPS) is 17.3. The van der Waals surface area contributed by atoms with Crippen LogP contribution in [0.1, 0.15) is 18.5 Å². The molecule has 2 heterocycles. The molecule has 0 radical (unpaired) electrons. The Hall–Kier alpha value is -0.350. The van der Waals surface area contributed by atoms with Crippen LogP contribution in [-0.2, 0) is 6.54 Å². The van der Waals surface area contributed by atoms with Crippen LogP contribution < -0.4 is 5.73 Å². The Balaban J connectivity index is 0.00000112. The van der Waals surface area contributed by atoms with Crippen LogP contribution in [0.3, 0.4) is 0 Å². The molecule has 0 saturated carbocycles. The molecular weight excluding hydrogens is 245 g/mol. The molecule has 0 amide bonds. The number of hydrogen-bond donors (Lipinski definition) is 1. The molecule has 5 heteroatoms. The summed E-state index contributed by atoms with van der Waals surface area (Å²) in [5.41, 5.74) is 7.00. The van der Waals surface area contributed by atoms with Crippen LogP contribution in [0.15, 0.2) is 24.4 Å². The van der Waals surface area contributed by atoms with Crippen molar-refractivity contribution in [3.8, 4) is 0 Å². The monoisotopic (exact) mass is 263 g/mol. The smallest absolute Gasteiger partial charge is 0.0543 e. The Morgan fingerprint density at radius 1 is 1.25 bits per heavy atom. The van der Waals surface area contributed by atoms with Crippen LogP contribution >= 0.6 is 24.8 Å². The molecule has 1 saturated heterocycles. The number of piperidine rings is 1. The number of nitrogens with two attached hydrogens (primary N) is 1. The molecule has 2 N–H and O–H groups in total. The van der Waals surface area contributed by atoms with Gasteiger partial charge in [0.15, 0.2) is 0 Å². The van der Waals surface area contributed by atoms with Crippen molar-refractivity contribution in [1.82, 2.24) is 9.88 Å². The number of likely N-dealkylation sites (tertiary alicyclic amines) is 1. The lowest BCUT2D eigenvalue weighted by atomic mass is 10.1. The standard InChI is InChI=1S/C11H17N3.2ClH/c12-10-4-7-14(8-5-10)9-11-3-1-2-6-13-11;;/h1-3,6,10H,4-5,7-9,12H2;2*1H. The molecule has 1 aromatic rings. The van der Waals surface area contributed by atoms with Crippen molar-refractivity contribution in [3.05, 3.63) is 30.1 Å². The Kier molecular flexibility index (Phi) is 7.68. The van der Waals surface area contributed by atoms with Crippen LogP contribution in [0.2, 0.25) is 0 Å². The van der Waals surface area contributed by atoms with E-state index in [0.29, 0.717) is 6.04 Å². The highest BCUT2D eigenvalue weighted by Gasteiger charge is 2.15. The highest BCUT2D eigenvalue weighted by molar-refractivity contribution is 5.85. The molecule has 1 aromatic heterocycles. The number of nitrogens with zero attached hydrogens (tertiary/aromatic N) is 2. The second kappa shape index (κ2) is 7.85. The Bertz CT molecular complexity index is 274. The van der Waals surface area contributed by atoms with Gasteiger partial charge in [-0.2, -0.15) is 0 Å². The average molecular weight is 264 g/mol. The van der Waals surface area contributed by atoms with Crippen molar-refractivity contribution in [2.75, 3.05) is 13.1 Å². The molecule has 3 nitrogen and oxygen atoms in total. The Morgan fingerprint density at radius 3 is 2.50 bits per heavy atom. The maximum absolute atomic E-state index is 5.85. The molecular formula is C11H19Cl2N3. The van der Waals surface area contributed by atoms with E-state index in [1.54, 1.807) is 0 Å². The predicted octanol–water partition coefficient (Wildman–Crippen LogP) is 1.85. The van der Waals surface area contributed by atoms with Crippen molar-refractivity contribution >= 4 is 24.8 Å². The minimum Gasteiger partial charge on any atom is -0.328 e. The molecule has 0 unspecified atom stereocenters. The highest BCUT2D eigenvalue weighted by atomic mass is 35.5. The van der Waals surface area contributed by atoms with Gasteiger partial charge in [0.05, 0.1) is 5.69 Å². The topological polar surface area (TPSA) is 42.1 Å². The van der Waals surface area contributed by atoms with E-state index in [-0.39, 0.29) is 24.8 Å². The fraction of sp³-hybridized carbons (Fsp3) is 0.545. The first-order valence-corrected chi connectivity index (χ1v) is 5.22. The summed E-state index contributed by atoms with van der Waals surface area (Å²) in [6, 6.07) is 6.48. The van der Waals surface area contributed by atoms with E-state index in [9.17, 15) is 0 Å². The molecule has 16 heavy (non-hydrogen) atoms. The zero-order chi connectivity index (χ0) is 9.80. The number of aromatic nitrogens is 1. The lowest BCUT2D eigenvalue weighted by Crippen LogP contribution is -2.39. The van der Waals surface area contributed by atoms with Gasteiger partial charge < -0.3 is 5.73 Å². The SMILES string of the molecule is Cl.Cl.NC1CCN(Cc2ccccn2)CC1. The van der Waals surface area contributed by atoms with Gasteiger partial charge in [-0.15, -0.1) is 24.8 Å². The third kappa shape index (κ3) is 4.66. The number of hydrogen-bond acceptors (Lipinski definition) is 3. The van der Waals surface area contributed by atoms with Gasteiger partial charge >= 0.3 is 0 Å².